The monoisotopic (exact) mass is 1000 g/mol. The maximum Gasteiger partial charge on any atom is 0.233 e. The van der Waals surface area contributed by atoms with E-state index in [1.165, 1.54) is 4.90 Å². The summed E-state index contributed by atoms with van der Waals surface area (Å²) in [5.41, 5.74) is 0.0852. The Bertz CT molecular complexity index is 1220. The van der Waals surface area contributed by atoms with Gasteiger partial charge in [0.2, 0.25) is 29.5 Å². The van der Waals surface area contributed by atoms with Crippen LogP contribution >= 0.6 is 46.1 Å². The first kappa shape index (κ1) is 54.9. The minimum atomic E-state index is -0.254. The third-order valence-electron chi connectivity index (χ3n) is 10.6. The average Bonchev–Trinajstić information content (AvgIpc) is 3.67. The number of unbranched alkanes of at least 4 members (excludes halogenated alkanes) is 1. The average molecular weight is 1000 g/mol. The highest BCUT2D eigenvalue weighted by Gasteiger charge is 2.63. The van der Waals surface area contributed by atoms with Crippen molar-refractivity contribution in [2.24, 2.45) is 23.2 Å². The molecule has 1 heterocycles. The van der Waals surface area contributed by atoms with Crippen LogP contribution in [0, 0.1) is 23.2 Å². The normalized spacial score (nSPS) is 18.3. The van der Waals surface area contributed by atoms with Gasteiger partial charge in [-0.15, -0.1) is 0 Å². The predicted octanol–water partition coefficient (Wildman–Crippen LogP) is 4.08. The lowest BCUT2D eigenvalue weighted by Crippen LogP contribution is -2.36. The molecular formula is C42H75IN4O11S2. The molecule has 1 aliphatic carbocycles. The second kappa shape index (κ2) is 34.2. The van der Waals surface area contributed by atoms with Gasteiger partial charge in [-0.2, -0.15) is 23.5 Å². The standard InChI is InChI=1S/C42H75IN4O11S2/c1-5-46(16-19-56-21-20-53-6-2)38(50)12-31-60-29-8-7-28-59-30-9-13-44-37(49)11-17-54-22-24-57-26-27-58-25-23-55-18-14-45-36(48)10-15-47-39(51)32-34(41(47)52)40-35(33-43)42(40,3)4/h34-35,40H,5-33H2,1-4H3,(H,44,49)(H,45,48)/t34?,35-,40?/m0/s1. The van der Waals surface area contributed by atoms with E-state index >= 15 is 0 Å². The molecule has 0 bridgehead atoms. The second-order valence-corrected chi connectivity index (χ2v) is 18.6. The van der Waals surface area contributed by atoms with E-state index in [1.807, 2.05) is 42.3 Å². The Hall–Kier alpha value is -1.26. The quantitative estimate of drug-likeness (QED) is 0.0390. The first-order chi connectivity index (χ1) is 29.1. The van der Waals surface area contributed by atoms with Crippen molar-refractivity contribution in [3.05, 3.63) is 0 Å². The van der Waals surface area contributed by atoms with Gasteiger partial charge in [-0.05, 0) is 67.6 Å². The Balaban J connectivity index is 1.26. The summed E-state index contributed by atoms with van der Waals surface area (Å²) in [4.78, 5) is 65.3. The van der Waals surface area contributed by atoms with Crippen molar-refractivity contribution in [3.63, 3.8) is 0 Å². The SMILES string of the molecule is CCOCCOCCN(CC)C(=O)CCSCCCCSCCCNC(=O)CCOCCOCCOCCOCCNC(=O)CCN1C(=O)CC(C2[C@H](CI)C2(C)C)C1=O. The van der Waals surface area contributed by atoms with Crippen LogP contribution < -0.4 is 10.6 Å². The molecule has 0 radical (unpaired) electrons. The van der Waals surface area contributed by atoms with Crippen molar-refractivity contribution >= 4 is 75.7 Å². The Kier molecular flexibility index (Phi) is 31.3. The van der Waals surface area contributed by atoms with Crippen molar-refractivity contribution in [1.82, 2.24) is 20.4 Å². The Morgan fingerprint density at radius 2 is 1.27 bits per heavy atom. The summed E-state index contributed by atoms with van der Waals surface area (Å²) in [6.07, 6.45) is 4.47. The molecule has 1 aliphatic heterocycles. The third kappa shape index (κ3) is 23.4. The van der Waals surface area contributed by atoms with Gasteiger partial charge in [0, 0.05) is 75.2 Å². The maximum atomic E-state index is 12.9. The number of likely N-dealkylation sites (N-methyl/N-ethyl adjacent to an activating group) is 1. The second-order valence-electron chi connectivity index (χ2n) is 15.3. The minimum Gasteiger partial charge on any atom is -0.379 e. The van der Waals surface area contributed by atoms with E-state index in [4.69, 9.17) is 28.4 Å². The van der Waals surface area contributed by atoms with Crippen LogP contribution in [0.1, 0.15) is 72.6 Å². The van der Waals surface area contributed by atoms with Gasteiger partial charge in [-0.1, -0.05) is 36.4 Å². The molecule has 3 atom stereocenters. The highest BCUT2D eigenvalue weighted by molar-refractivity contribution is 14.1. The van der Waals surface area contributed by atoms with Crippen molar-refractivity contribution < 1.29 is 52.4 Å². The number of ether oxygens (including phenoxy) is 6. The smallest absolute Gasteiger partial charge is 0.233 e. The Morgan fingerprint density at radius 1 is 0.717 bits per heavy atom. The lowest BCUT2D eigenvalue weighted by molar-refractivity contribution is -0.140. The summed E-state index contributed by atoms with van der Waals surface area (Å²) in [5, 5.41) is 5.72. The van der Waals surface area contributed by atoms with Gasteiger partial charge in [0.25, 0.3) is 0 Å². The van der Waals surface area contributed by atoms with E-state index in [1.54, 1.807) is 0 Å². The molecule has 348 valence electrons. The molecule has 18 heteroatoms. The number of carbonyl (C=O) groups is 5. The lowest BCUT2D eigenvalue weighted by Gasteiger charge is -2.20. The maximum absolute atomic E-state index is 12.9. The highest BCUT2D eigenvalue weighted by Crippen LogP contribution is 2.64. The molecule has 0 aromatic rings. The molecule has 0 aromatic carbocycles. The van der Waals surface area contributed by atoms with Crippen molar-refractivity contribution in [2.45, 2.75) is 72.6 Å². The van der Waals surface area contributed by atoms with Crippen molar-refractivity contribution in [1.29, 1.82) is 0 Å². The molecule has 1 saturated carbocycles. The largest absolute Gasteiger partial charge is 0.379 e. The number of nitrogens with one attached hydrogen (secondary N) is 2. The summed E-state index contributed by atoms with van der Waals surface area (Å²) in [7, 11) is 0. The molecule has 5 amide bonds. The number of thioether (sulfide) groups is 2. The molecule has 2 unspecified atom stereocenters. The summed E-state index contributed by atoms with van der Waals surface area (Å²) in [5.74, 6) is 4.16. The molecule has 2 N–H and O–H groups in total. The van der Waals surface area contributed by atoms with Crippen LogP contribution in [-0.2, 0) is 52.4 Å². The van der Waals surface area contributed by atoms with Gasteiger partial charge in [0.05, 0.1) is 78.6 Å². The van der Waals surface area contributed by atoms with Gasteiger partial charge >= 0.3 is 0 Å². The fourth-order valence-corrected chi connectivity index (χ4v) is 10.6. The fraction of sp³-hybridized carbons (Fsp3) is 0.881. The number of likely N-dealkylation sites (tertiary alicyclic amines) is 1. The lowest BCUT2D eigenvalue weighted by atomic mass is 9.96. The number of nitrogens with zero attached hydrogens (tertiary/aromatic N) is 2. The van der Waals surface area contributed by atoms with E-state index in [0.717, 1.165) is 46.7 Å². The molecule has 2 rings (SSSR count). The number of rotatable bonds is 40. The van der Waals surface area contributed by atoms with E-state index in [2.05, 4.69) is 47.1 Å². The van der Waals surface area contributed by atoms with Crippen molar-refractivity contribution in [2.75, 3.05) is 139 Å². The zero-order valence-electron chi connectivity index (χ0n) is 36.8. The minimum absolute atomic E-state index is 0.00824. The van der Waals surface area contributed by atoms with Crippen LogP contribution in [0.5, 0.6) is 0 Å². The van der Waals surface area contributed by atoms with Gasteiger partial charge in [0.1, 0.15) is 0 Å². The van der Waals surface area contributed by atoms with Crippen LogP contribution in [0.25, 0.3) is 0 Å². The molecule has 60 heavy (non-hydrogen) atoms. The van der Waals surface area contributed by atoms with Gasteiger partial charge in [-0.25, -0.2) is 0 Å². The van der Waals surface area contributed by atoms with Crippen LogP contribution in [-0.4, -0.2) is 179 Å². The number of hydrogen-bond acceptors (Lipinski definition) is 13. The molecule has 15 nitrogen and oxygen atoms in total. The predicted molar refractivity (Wildman–Crippen MR) is 246 cm³/mol. The Morgan fingerprint density at radius 3 is 1.88 bits per heavy atom. The van der Waals surface area contributed by atoms with Gasteiger partial charge in [0.15, 0.2) is 0 Å². The molecule has 2 fully saturated rings. The number of halogens is 1. The summed E-state index contributed by atoms with van der Waals surface area (Å²) in [6, 6.07) is 0. The molecule has 0 spiro atoms. The molecule has 2 aliphatic rings. The molecular weight excluding hydrogens is 928 g/mol. The summed E-state index contributed by atoms with van der Waals surface area (Å²) in [6.45, 7) is 16.3. The number of amides is 5. The zero-order chi connectivity index (χ0) is 43.9. The van der Waals surface area contributed by atoms with Crippen LogP contribution in [0.15, 0.2) is 0 Å². The van der Waals surface area contributed by atoms with Crippen LogP contribution in [0.2, 0.25) is 0 Å². The van der Waals surface area contributed by atoms with Crippen LogP contribution in [0.4, 0.5) is 0 Å². The number of hydrogen-bond donors (Lipinski definition) is 2. The summed E-state index contributed by atoms with van der Waals surface area (Å²) >= 11 is 6.12. The molecule has 1 saturated heterocycles. The first-order valence-corrected chi connectivity index (χ1v) is 25.7. The van der Waals surface area contributed by atoms with E-state index in [9.17, 15) is 24.0 Å². The Labute approximate surface area is 381 Å². The van der Waals surface area contributed by atoms with Crippen LogP contribution in [0.3, 0.4) is 0 Å². The number of alkyl halides is 1. The number of imide groups is 1. The first-order valence-electron chi connectivity index (χ1n) is 21.9. The van der Waals surface area contributed by atoms with E-state index in [0.29, 0.717) is 124 Å². The number of carbonyl (C=O) groups excluding carboxylic acids is 5. The zero-order valence-corrected chi connectivity index (χ0v) is 40.6. The topological polar surface area (TPSA) is 171 Å². The fourth-order valence-electron chi connectivity index (χ4n) is 7.01. The summed E-state index contributed by atoms with van der Waals surface area (Å²) < 4.78 is 33.8. The third-order valence-corrected chi connectivity index (χ3v) is 13.8. The molecule has 0 aromatic heterocycles. The van der Waals surface area contributed by atoms with E-state index in [-0.39, 0.29) is 66.2 Å². The van der Waals surface area contributed by atoms with Gasteiger partial charge < -0.3 is 44.0 Å². The van der Waals surface area contributed by atoms with Gasteiger partial charge in [-0.3, -0.25) is 28.9 Å². The highest BCUT2D eigenvalue weighted by atomic mass is 127. The van der Waals surface area contributed by atoms with Crippen molar-refractivity contribution in [3.8, 4) is 0 Å². The van der Waals surface area contributed by atoms with E-state index < -0.39 is 0 Å².